The van der Waals surface area contributed by atoms with Crippen molar-refractivity contribution in [2.75, 3.05) is 17.2 Å². The molecule has 1 saturated heterocycles. The summed E-state index contributed by atoms with van der Waals surface area (Å²) in [5.74, 6) is -0.216. The number of pyridine rings is 2. The Labute approximate surface area is 198 Å². The Bertz CT molecular complexity index is 1360. The first-order valence-electron chi connectivity index (χ1n) is 10.9. The number of sulfonamides is 1. The number of benzene rings is 1. The van der Waals surface area contributed by atoms with Crippen LogP contribution < -0.4 is 15.4 Å². The molecule has 0 aliphatic carbocycles. The summed E-state index contributed by atoms with van der Waals surface area (Å²) in [7, 11) is -4.25. The van der Waals surface area contributed by atoms with Gasteiger partial charge in [-0.05, 0) is 62.6 Å². The predicted octanol–water partition coefficient (Wildman–Crippen LogP) is 3.17. The van der Waals surface area contributed by atoms with Crippen LogP contribution in [0.1, 0.15) is 37.6 Å². The maximum absolute atomic E-state index is 13.3. The number of hydrogen-bond acceptors (Lipinski definition) is 8. The van der Waals surface area contributed by atoms with Crippen molar-refractivity contribution in [2.24, 2.45) is 5.92 Å². The summed E-state index contributed by atoms with van der Waals surface area (Å²) >= 11 is 0. The Kier molecular flexibility index (Phi) is 5.94. The van der Waals surface area contributed by atoms with Crippen LogP contribution in [0, 0.1) is 5.92 Å². The molecular weight excluding hydrogens is 454 g/mol. The number of amides is 1. The lowest BCUT2D eigenvalue weighted by molar-refractivity contribution is 0.0981. The van der Waals surface area contributed by atoms with Gasteiger partial charge in [-0.2, -0.15) is 0 Å². The van der Waals surface area contributed by atoms with E-state index in [9.17, 15) is 18.3 Å². The van der Waals surface area contributed by atoms with E-state index in [1.807, 2.05) is 4.90 Å². The van der Waals surface area contributed by atoms with Gasteiger partial charge < -0.3 is 15.7 Å². The molecule has 1 unspecified atom stereocenters. The highest BCUT2D eigenvalue weighted by Crippen LogP contribution is 2.39. The number of anilines is 2. The minimum Gasteiger partial charge on any atom is -0.508 e. The van der Waals surface area contributed by atoms with Crippen LogP contribution in [0.15, 0.2) is 59.6 Å². The number of nitrogens with zero attached hydrogens (tertiary/aromatic N) is 3. The van der Waals surface area contributed by atoms with Gasteiger partial charge in [0.1, 0.15) is 22.3 Å². The molecule has 34 heavy (non-hydrogen) atoms. The lowest BCUT2D eigenvalue weighted by Crippen LogP contribution is -2.43. The van der Waals surface area contributed by atoms with Gasteiger partial charge in [-0.1, -0.05) is 19.1 Å². The van der Waals surface area contributed by atoms with E-state index < -0.39 is 15.9 Å². The van der Waals surface area contributed by atoms with Crippen molar-refractivity contribution in [1.29, 1.82) is 0 Å². The third-order valence-electron chi connectivity index (χ3n) is 6.52. The van der Waals surface area contributed by atoms with E-state index in [-0.39, 0.29) is 27.6 Å². The molecule has 0 radical (unpaired) electrons. The first kappa shape index (κ1) is 23.5. The quantitative estimate of drug-likeness (QED) is 0.505. The van der Waals surface area contributed by atoms with Gasteiger partial charge in [0.2, 0.25) is 0 Å². The molecule has 0 bridgehead atoms. The maximum atomic E-state index is 13.3. The molecule has 10 heteroatoms. The number of rotatable bonds is 5. The largest absolute Gasteiger partial charge is 0.508 e. The highest BCUT2D eigenvalue weighted by atomic mass is 32.2. The normalized spacial score (nSPS) is 17.5. The number of carbonyl (C=O) groups is 1. The molecule has 1 fully saturated rings. The highest BCUT2D eigenvalue weighted by molar-refractivity contribution is 7.90. The molecule has 2 aromatic heterocycles. The zero-order valence-electron chi connectivity index (χ0n) is 19.2. The van der Waals surface area contributed by atoms with Crippen molar-refractivity contribution in [3.63, 3.8) is 0 Å². The van der Waals surface area contributed by atoms with Crippen LogP contribution in [0.2, 0.25) is 0 Å². The van der Waals surface area contributed by atoms with Crippen LogP contribution in [0.4, 0.5) is 11.6 Å². The average molecular weight is 482 g/mol. The molecule has 1 aliphatic rings. The molecule has 3 heterocycles. The van der Waals surface area contributed by atoms with E-state index >= 15 is 0 Å². The van der Waals surface area contributed by atoms with Gasteiger partial charge in [0.05, 0.1) is 11.3 Å². The van der Waals surface area contributed by atoms with Crippen molar-refractivity contribution in [3.8, 4) is 17.0 Å². The monoisotopic (exact) mass is 481 g/mol. The van der Waals surface area contributed by atoms with Crippen molar-refractivity contribution in [1.82, 2.24) is 14.7 Å². The van der Waals surface area contributed by atoms with E-state index in [0.717, 1.165) is 6.42 Å². The molecule has 0 saturated carbocycles. The maximum Gasteiger partial charge on any atom is 0.268 e. The number of aromatic nitrogens is 2. The number of nitrogen functional groups attached to an aromatic ring is 1. The minimum absolute atomic E-state index is 0.0953. The lowest BCUT2D eigenvalue weighted by Gasteiger charge is -2.36. The van der Waals surface area contributed by atoms with Crippen LogP contribution in [-0.2, 0) is 10.0 Å². The number of hydrogen-bond donors (Lipinski definition) is 3. The molecule has 9 nitrogen and oxygen atoms in total. The SMILES string of the molecule is CC1CCN(c2nc(-c3cccc(O)c3)ccc2C(=O)NS(=O)(=O)c2cccnc2N)C1(C)C. The van der Waals surface area contributed by atoms with Crippen LogP contribution in [0.5, 0.6) is 5.75 Å². The number of phenols is 1. The molecule has 3 aromatic rings. The molecule has 1 amide bonds. The summed E-state index contributed by atoms with van der Waals surface area (Å²) in [4.78, 5) is 23.6. The summed E-state index contributed by atoms with van der Waals surface area (Å²) in [6.45, 7) is 6.94. The molecule has 1 atom stereocenters. The van der Waals surface area contributed by atoms with Crippen molar-refractivity contribution >= 4 is 27.6 Å². The van der Waals surface area contributed by atoms with Gasteiger partial charge in [-0.15, -0.1) is 0 Å². The van der Waals surface area contributed by atoms with E-state index in [2.05, 4.69) is 30.5 Å². The van der Waals surface area contributed by atoms with Crippen molar-refractivity contribution < 1.29 is 18.3 Å². The smallest absolute Gasteiger partial charge is 0.268 e. The Morgan fingerprint density at radius 1 is 1.21 bits per heavy atom. The first-order chi connectivity index (χ1) is 16.0. The second-order valence-electron chi connectivity index (χ2n) is 8.93. The molecule has 1 aromatic carbocycles. The predicted molar refractivity (Wildman–Crippen MR) is 130 cm³/mol. The molecule has 0 spiro atoms. The standard InChI is InChI=1S/C24H27N5O4S/c1-15-11-13-29(24(15,2)3)22-18(9-10-19(27-22)16-6-4-7-17(30)14-16)23(31)28-34(32,33)20-8-5-12-26-21(20)25/h4-10,12,14-15,30H,11,13H2,1-3H3,(H2,25,26)(H,28,31). The molecule has 4 N–H and O–H groups in total. The van der Waals surface area contributed by atoms with Crippen LogP contribution in [-0.4, -0.2) is 41.5 Å². The summed E-state index contributed by atoms with van der Waals surface area (Å²) in [6.07, 6.45) is 2.27. The summed E-state index contributed by atoms with van der Waals surface area (Å²) < 4.78 is 27.8. The molecule has 1 aliphatic heterocycles. The van der Waals surface area contributed by atoms with E-state index in [4.69, 9.17) is 10.7 Å². The second kappa shape index (κ2) is 8.60. The van der Waals surface area contributed by atoms with Crippen molar-refractivity contribution in [3.05, 3.63) is 60.3 Å². The van der Waals surface area contributed by atoms with Gasteiger partial charge in [0.15, 0.2) is 0 Å². The van der Waals surface area contributed by atoms with Gasteiger partial charge in [0.25, 0.3) is 15.9 Å². The Morgan fingerprint density at radius 3 is 2.62 bits per heavy atom. The van der Waals surface area contributed by atoms with Gasteiger partial charge in [0, 0.05) is 23.8 Å². The zero-order chi connectivity index (χ0) is 24.7. The van der Waals surface area contributed by atoms with Gasteiger partial charge in [-0.3, -0.25) is 4.79 Å². The molecule has 4 rings (SSSR count). The lowest BCUT2D eigenvalue weighted by atomic mass is 9.90. The third kappa shape index (κ3) is 4.28. The van der Waals surface area contributed by atoms with Gasteiger partial charge in [-0.25, -0.2) is 23.1 Å². The minimum atomic E-state index is -4.25. The van der Waals surface area contributed by atoms with E-state index in [1.54, 1.807) is 36.4 Å². The zero-order valence-corrected chi connectivity index (χ0v) is 20.0. The summed E-state index contributed by atoms with van der Waals surface area (Å²) in [6, 6.07) is 12.6. The molecular formula is C24H27N5O4S. The van der Waals surface area contributed by atoms with E-state index in [1.165, 1.54) is 18.3 Å². The summed E-state index contributed by atoms with van der Waals surface area (Å²) in [5.41, 5.74) is 6.75. The summed E-state index contributed by atoms with van der Waals surface area (Å²) in [5, 5.41) is 9.89. The van der Waals surface area contributed by atoms with Crippen molar-refractivity contribution in [2.45, 2.75) is 37.6 Å². The number of nitrogens with one attached hydrogen (secondary N) is 1. The topological polar surface area (TPSA) is 139 Å². The fourth-order valence-corrected chi connectivity index (χ4v) is 5.18. The van der Waals surface area contributed by atoms with Gasteiger partial charge >= 0.3 is 0 Å². The van der Waals surface area contributed by atoms with Crippen LogP contribution in [0.3, 0.4) is 0 Å². The van der Waals surface area contributed by atoms with Crippen LogP contribution >= 0.6 is 0 Å². The Hall–Kier alpha value is -3.66. The third-order valence-corrected chi connectivity index (χ3v) is 7.90. The van der Waals surface area contributed by atoms with Crippen LogP contribution in [0.25, 0.3) is 11.3 Å². The number of carbonyl (C=O) groups excluding carboxylic acids is 1. The fraction of sp³-hybridized carbons (Fsp3) is 0.292. The Balaban J connectivity index is 1.79. The second-order valence-corrected chi connectivity index (χ2v) is 10.6. The fourth-order valence-electron chi connectivity index (χ4n) is 4.13. The first-order valence-corrected chi connectivity index (χ1v) is 12.3. The van der Waals surface area contributed by atoms with E-state index in [0.29, 0.717) is 29.5 Å². The number of phenolic OH excluding ortho intramolecular Hbond substituents is 1. The average Bonchev–Trinajstić information content (AvgIpc) is 3.05. The highest BCUT2D eigenvalue weighted by Gasteiger charge is 2.41. The Morgan fingerprint density at radius 2 is 1.97 bits per heavy atom. The number of nitrogens with two attached hydrogens (primary N) is 1. The molecule has 178 valence electrons. The number of aromatic hydroxyl groups is 1.